The molecule has 1 aromatic carbocycles. The highest BCUT2D eigenvalue weighted by Gasteiger charge is 2.22. The van der Waals surface area contributed by atoms with E-state index in [1.807, 2.05) is 24.3 Å². The molecule has 20 heavy (non-hydrogen) atoms. The third kappa shape index (κ3) is 4.84. The molecule has 1 fully saturated rings. The fraction of sp³-hybridized carbons (Fsp3) is 0.538. The van der Waals surface area contributed by atoms with Gasteiger partial charge in [-0.05, 0) is 11.1 Å². The molecular weight excluding hydrogens is 280 g/mol. The van der Waals surface area contributed by atoms with Crippen molar-refractivity contribution in [3.63, 3.8) is 0 Å². The lowest BCUT2D eigenvalue weighted by Crippen LogP contribution is -2.38. The second kappa shape index (κ2) is 7.14. The molecule has 2 rings (SSSR count). The smallest absolute Gasteiger partial charge is 0.214 e. The largest absolute Gasteiger partial charge is 0.376 e. The molecule has 0 radical (unpaired) electrons. The zero-order valence-corrected chi connectivity index (χ0v) is 12.1. The molecule has 1 unspecified atom stereocenters. The number of nitrogens with two attached hydrogens (primary N) is 1. The van der Waals surface area contributed by atoms with Crippen molar-refractivity contribution in [3.8, 4) is 0 Å². The van der Waals surface area contributed by atoms with Gasteiger partial charge in [-0.1, -0.05) is 24.3 Å². The molecule has 0 spiro atoms. The maximum atomic E-state index is 11.9. The van der Waals surface area contributed by atoms with Gasteiger partial charge in [0.05, 0.1) is 31.7 Å². The second-order valence-corrected chi connectivity index (χ2v) is 6.54. The van der Waals surface area contributed by atoms with Crippen LogP contribution in [-0.4, -0.2) is 40.1 Å². The Balaban J connectivity index is 1.84. The summed E-state index contributed by atoms with van der Waals surface area (Å²) >= 11 is 0. The van der Waals surface area contributed by atoms with Crippen LogP contribution in [0.5, 0.6) is 0 Å². The lowest BCUT2D eigenvalue weighted by molar-refractivity contribution is -0.0783. The van der Waals surface area contributed by atoms with Gasteiger partial charge >= 0.3 is 0 Å². The summed E-state index contributed by atoms with van der Waals surface area (Å²) in [7, 11) is -3.37. The monoisotopic (exact) mass is 300 g/mol. The molecule has 1 aliphatic heterocycles. The molecule has 0 aromatic heterocycles. The summed E-state index contributed by atoms with van der Waals surface area (Å²) in [6.07, 6.45) is -0.388. The van der Waals surface area contributed by atoms with Crippen molar-refractivity contribution >= 4 is 10.0 Å². The van der Waals surface area contributed by atoms with Gasteiger partial charge in [0.2, 0.25) is 10.0 Å². The van der Waals surface area contributed by atoms with Crippen LogP contribution in [-0.2, 0) is 32.6 Å². The number of benzene rings is 1. The number of nitrogens with one attached hydrogen (secondary N) is 1. The number of ether oxygens (including phenoxy) is 2. The van der Waals surface area contributed by atoms with E-state index in [9.17, 15) is 8.42 Å². The number of sulfonamides is 1. The summed E-state index contributed by atoms with van der Waals surface area (Å²) in [5, 5.41) is 0. The molecule has 7 heteroatoms. The molecule has 3 N–H and O–H groups in total. The van der Waals surface area contributed by atoms with E-state index >= 15 is 0 Å². The molecule has 0 aliphatic carbocycles. The molecule has 1 aromatic rings. The SMILES string of the molecule is NCc1ccc(CNS(=O)(=O)CC2COCCO2)cc1. The van der Waals surface area contributed by atoms with E-state index in [1.54, 1.807) is 0 Å². The van der Waals surface area contributed by atoms with Crippen molar-refractivity contribution < 1.29 is 17.9 Å². The summed E-state index contributed by atoms with van der Waals surface area (Å²) in [5.74, 6) is -0.0755. The van der Waals surface area contributed by atoms with E-state index < -0.39 is 10.0 Å². The van der Waals surface area contributed by atoms with Crippen molar-refractivity contribution in [1.29, 1.82) is 0 Å². The molecule has 1 saturated heterocycles. The molecule has 1 heterocycles. The van der Waals surface area contributed by atoms with Crippen molar-refractivity contribution in [2.45, 2.75) is 19.2 Å². The standard InChI is InChI=1S/C13H20N2O4S/c14-7-11-1-3-12(4-2-11)8-15-20(16,17)10-13-9-18-5-6-19-13/h1-4,13,15H,5-10,14H2. The molecule has 0 saturated carbocycles. The molecule has 1 aliphatic rings. The quantitative estimate of drug-likeness (QED) is 0.770. The molecular formula is C13H20N2O4S. The zero-order chi connectivity index (χ0) is 14.4. The molecule has 112 valence electrons. The Kier molecular flexibility index (Phi) is 5.50. The minimum Gasteiger partial charge on any atom is -0.376 e. The predicted octanol–water partition coefficient (Wildman–Crippen LogP) is -0.0199. The van der Waals surface area contributed by atoms with Crippen LogP contribution in [0.3, 0.4) is 0 Å². The summed E-state index contributed by atoms with van der Waals surface area (Å²) in [4.78, 5) is 0. The van der Waals surface area contributed by atoms with Crippen LogP contribution in [0, 0.1) is 0 Å². The Morgan fingerprint density at radius 3 is 2.50 bits per heavy atom. The fourth-order valence-corrected chi connectivity index (χ4v) is 3.11. The topological polar surface area (TPSA) is 90.7 Å². The average Bonchev–Trinajstić information content (AvgIpc) is 2.46. The minimum atomic E-state index is -3.37. The first-order valence-electron chi connectivity index (χ1n) is 6.53. The van der Waals surface area contributed by atoms with Crippen LogP contribution in [0.2, 0.25) is 0 Å². The van der Waals surface area contributed by atoms with Crippen LogP contribution in [0.4, 0.5) is 0 Å². The zero-order valence-electron chi connectivity index (χ0n) is 11.2. The second-order valence-electron chi connectivity index (χ2n) is 4.69. The van der Waals surface area contributed by atoms with E-state index in [2.05, 4.69) is 4.72 Å². The average molecular weight is 300 g/mol. The van der Waals surface area contributed by atoms with Crippen molar-refractivity contribution in [1.82, 2.24) is 4.72 Å². The first-order chi connectivity index (χ1) is 9.59. The highest BCUT2D eigenvalue weighted by Crippen LogP contribution is 2.06. The van der Waals surface area contributed by atoms with Gasteiger partial charge in [0, 0.05) is 13.1 Å². The van der Waals surface area contributed by atoms with Crippen molar-refractivity contribution in [2.24, 2.45) is 5.73 Å². The third-order valence-electron chi connectivity index (χ3n) is 3.05. The van der Waals surface area contributed by atoms with Gasteiger partial charge in [0.15, 0.2) is 0 Å². The van der Waals surface area contributed by atoms with E-state index in [0.717, 1.165) is 11.1 Å². The van der Waals surface area contributed by atoms with Gasteiger partial charge in [-0.2, -0.15) is 0 Å². The maximum Gasteiger partial charge on any atom is 0.214 e. The molecule has 0 amide bonds. The summed E-state index contributed by atoms with van der Waals surface area (Å²) < 4.78 is 36.9. The Morgan fingerprint density at radius 2 is 1.90 bits per heavy atom. The minimum absolute atomic E-state index is 0.0755. The number of rotatable bonds is 6. The Bertz CT molecular complexity index is 510. The van der Waals surface area contributed by atoms with Crippen LogP contribution < -0.4 is 10.5 Å². The van der Waals surface area contributed by atoms with E-state index in [1.165, 1.54) is 0 Å². The van der Waals surface area contributed by atoms with Crippen LogP contribution >= 0.6 is 0 Å². The van der Waals surface area contributed by atoms with Crippen molar-refractivity contribution in [2.75, 3.05) is 25.6 Å². The van der Waals surface area contributed by atoms with Gasteiger partial charge < -0.3 is 15.2 Å². The highest BCUT2D eigenvalue weighted by atomic mass is 32.2. The Morgan fingerprint density at radius 1 is 1.20 bits per heavy atom. The predicted molar refractivity (Wildman–Crippen MR) is 75.5 cm³/mol. The van der Waals surface area contributed by atoms with E-state index in [4.69, 9.17) is 15.2 Å². The third-order valence-corrected chi connectivity index (χ3v) is 4.44. The number of hydrogen-bond acceptors (Lipinski definition) is 5. The van der Waals surface area contributed by atoms with Gasteiger partial charge in [-0.3, -0.25) is 0 Å². The van der Waals surface area contributed by atoms with E-state index in [0.29, 0.717) is 26.4 Å². The first-order valence-corrected chi connectivity index (χ1v) is 8.19. The fourth-order valence-electron chi connectivity index (χ4n) is 1.92. The normalized spacial score (nSPS) is 19.9. The Hall–Kier alpha value is -0.990. The number of hydrogen-bond donors (Lipinski definition) is 2. The lowest BCUT2D eigenvalue weighted by atomic mass is 10.1. The summed E-state index contributed by atoms with van der Waals surface area (Å²) in [6, 6.07) is 7.51. The van der Waals surface area contributed by atoms with Crippen LogP contribution in [0.15, 0.2) is 24.3 Å². The maximum absolute atomic E-state index is 11.9. The van der Waals surface area contributed by atoms with Crippen molar-refractivity contribution in [3.05, 3.63) is 35.4 Å². The molecule has 0 bridgehead atoms. The van der Waals surface area contributed by atoms with Crippen LogP contribution in [0.1, 0.15) is 11.1 Å². The highest BCUT2D eigenvalue weighted by molar-refractivity contribution is 7.89. The summed E-state index contributed by atoms with van der Waals surface area (Å²) in [6.45, 7) is 2.04. The Labute approximate surface area is 119 Å². The van der Waals surface area contributed by atoms with Gasteiger partial charge in [0.25, 0.3) is 0 Å². The summed E-state index contributed by atoms with van der Waals surface area (Å²) in [5.41, 5.74) is 7.42. The molecule has 6 nitrogen and oxygen atoms in total. The van der Waals surface area contributed by atoms with Gasteiger partial charge in [-0.15, -0.1) is 0 Å². The van der Waals surface area contributed by atoms with E-state index in [-0.39, 0.29) is 18.4 Å². The van der Waals surface area contributed by atoms with Crippen LogP contribution in [0.25, 0.3) is 0 Å². The van der Waals surface area contributed by atoms with Gasteiger partial charge in [0.1, 0.15) is 0 Å². The molecule has 1 atom stereocenters. The lowest BCUT2D eigenvalue weighted by Gasteiger charge is -2.22. The first kappa shape index (κ1) is 15.4. The van der Waals surface area contributed by atoms with Gasteiger partial charge in [-0.25, -0.2) is 13.1 Å².